The monoisotopic (exact) mass is 287 g/mol. The minimum absolute atomic E-state index is 0.0666. The molecule has 1 atom stereocenters. The summed E-state index contributed by atoms with van der Waals surface area (Å²) in [4.78, 5) is 14.0. The van der Waals surface area contributed by atoms with Gasteiger partial charge in [-0.15, -0.1) is 0 Å². The first-order valence-electron chi connectivity index (χ1n) is 6.90. The van der Waals surface area contributed by atoms with Gasteiger partial charge in [-0.2, -0.15) is 0 Å². The van der Waals surface area contributed by atoms with Gasteiger partial charge in [-0.3, -0.25) is 4.79 Å². The van der Waals surface area contributed by atoms with Crippen LogP contribution in [0, 0.1) is 0 Å². The average Bonchev–Trinajstić information content (AvgIpc) is 2.98. The number of furan rings is 1. The summed E-state index contributed by atoms with van der Waals surface area (Å²) in [5.41, 5.74) is 2.04. The fourth-order valence-corrected chi connectivity index (χ4v) is 1.91. The third-order valence-corrected chi connectivity index (χ3v) is 3.18. The topological polar surface area (TPSA) is 57.5 Å². The van der Waals surface area contributed by atoms with Crippen LogP contribution in [0.15, 0.2) is 47.1 Å². The molecule has 0 aliphatic heterocycles. The van der Waals surface area contributed by atoms with Crippen molar-refractivity contribution in [3.05, 3.63) is 48.4 Å². The Hall–Kier alpha value is -2.43. The molecule has 0 radical (unpaired) electrons. The Morgan fingerprint density at radius 2 is 1.95 bits per heavy atom. The number of carbonyl (C=O) groups excluding carboxylic acids is 1. The van der Waals surface area contributed by atoms with Gasteiger partial charge < -0.3 is 20.0 Å². The summed E-state index contributed by atoms with van der Waals surface area (Å²) in [7, 11) is 3.99. The van der Waals surface area contributed by atoms with E-state index in [0.29, 0.717) is 6.54 Å². The van der Waals surface area contributed by atoms with Crippen molar-refractivity contribution in [1.29, 1.82) is 0 Å². The molecule has 0 saturated heterocycles. The Balaban J connectivity index is 1.85. The highest BCUT2D eigenvalue weighted by molar-refractivity contribution is 5.84. The van der Waals surface area contributed by atoms with Crippen molar-refractivity contribution < 1.29 is 9.21 Å². The summed E-state index contributed by atoms with van der Waals surface area (Å²) in [6, 6.07) is 11.3. The van der Waals surface area contributed by atoms with Crippen LogP contribution < -0.4 is 15.5 Å². The predicted molar refractivity (Wildman–Crippen MR) is 84.4 cm³/mol. The van der Waals surface area contributed by atoms with Crippen molar-refractivity contribution in [3.8, 4) is 0 Å². The zero-order valence-electron chi connectivity index (χ0n) is 12.6. The zero-order chi connectivity index (χ0) is 15.2. The summed E-state index contributed by atoms with van der Waals surface area (Å²) in [6.07, 6.45) is 1.59. The molecule has 2 aromatic rings. The van der Waals surface area contributed by atoms with Gasteiger partial charge in [-0.25, -0.2) is 0 Å². The van der Waals surface area contributed by atoms with E-state index in [-0.39, 0.29) is 11.9 Å². The first-order valence-corrected chi connectivity index (χ1v) is 6.90. The predicted octanol–water partition coefficient (Wildman–Crippen LogP) is 2.46. The molecule has 1 aromatic heterocycles. The number of carbonyl (C=O) groups is 1. The van der Waals surface area contributed by atoms with Gasteiger partial charge in [0, 0.05) is 25.5 Å². The fourth-order valence-electron chi connectivity index (χ4n) is 1.91. The van der Waals surface area contributed by atoms with Crippen molar-refractivity contribution in [1.82, 2.24) is 5.32 Å². The summed E-state index contributed by atoms with van der Waals surface area (Å²) in [5.74, 6) is 0.675. The number of rotatable bonds is 6. The molecule has 2 N–H and O–H groups in total. The van der Waals surface area contributed by atoms with Gasteiger partial charge in [0.2, 0.25) is 5.91 Å². The lowest BCUT2D eigenvalue weighted by molar-refractivity contribution is -0.121. The van der Waals surface area contributed by atoms with E-state index in [1.165, 1.54) is 0 Å². The molecular weight excluding hydrogens is 266 g/mol. The lowest BCUT2D eigenvalue weighted by atomic mass is 10.2. The Labute approximate surface area is 124 Å². The molecule has 1 aromatic carbocycles. The minimum Gasteiger partial charge on any atom is -0.467 e. The molecule has 0 bridgehead atoms. The third-order valence-electron chi connectivity index (χ3n) is 3.18. The molecule has 0 fully saturated rings. The Kier molecular flexibility index (Phi) is 4.87. The van der Waals surface area contributed by atoms with Gasteiger partial charge in [0.05, 0.1) is 12.8 Å². The van der Waals surface area contributed by atoms with E-state index in [1.54, 1.807) is 12.3 Å². The lowest BCUT2D eigenvalue weighted by Crippen LogP contribution is -2.37. The molecule has 0 aliphatic carbocycles. The molecule has 0 saturated carbocycles. The van der Waals surface area contributed by atoms with Crippen LogP contribution in [0.3, 0.4) is 0 Å². The maximum absolute atomic E-state index is 12.0. The van der Waals surface area contributed by atoms with Gasteiger partial charge in [-0.1, -0.05) is 0 Å². The molecule has 5 heteroatoms. The van der Waals surface area contributed by atoms with E-state index in [2.05, 4.69) is 10.6 Å². The van der Waals surface area contributed by atoms with Crippen LogP contribution in [-0.4, -0.2) is 26.0 Å². The van der Waals surface area contributed by atoms with Crippen molar-refractivity contribution in [2.45, 2.75) is 19.5 Å². The second-order valence-corrected chi connectivity index (χ2v) is 5.10. The normalized spacial score (nSPS) is 11.8. The highest BCUT2D eigenvalue weighted by Gasteiger charge is 2.12. The molecule has 2 rings (SSSR count). The molecule has 1 unspecified atom stereocenters. The van der Waals surface area contributed by atoms with E-state index in [0.717, 1.165) is 17.1 Å². The van der Waals surface area contributed by atoms with Gasteiger partial charge in [0.15, 0.2) is 0 Å². The summed E-state index contributed by atoms with van der Waals surface area (Å²) in [6.45, 7) is 2.23. The number of hydrogen-bond acceptors (Lipinski definition) is 4. The first kappa shape index (κ1) is 15.0. The number of amides is 1. The zero-order valence-corrected chi connectivity index (χ0v) is 12.6. The Bertz CT molecular complexity index is 562. The van der Waals surface area contributed by atoms with Gasteiger partial charge in [0.1, 0.15) is 11.8 Å². The second-order valence-electron chi connectivity index (χ2n) is 5.10. The molecule has 0 aliphatic rings. The lowest BCUT2D eigenvalue weighted by Gasteiger charge is -2.17. The van der Waals surface area contributed by atoms with Crippen LogP contribution in [0.1, 0.15) is 12.7 Å². The molecule has 0 spiro atoms. The van der Waals surface area contributed by atoms with Gasteiger partial charge in [-0.05, 0) is 43.3 Å². The van der Waals surface area contributed by atoms with Crippen LogP contribution in [0.5, 0.6) is 0 Å². The quantitative estimate of drug-likeness (QED) is 0.857. The number of nitrogens with zero attached hydrogens (tertiary/aromatic N) is 1. The number of nitrogens with one attached hydrogen (secondary N) is 2. The number of anilines is 2. The summed E-state index contributed by atoms with van der Waals surface area (Å²) in [5, 5.41) is 6.01. The van der Waals surface area contributed by atoms with E-state index < -0.39 is 0 Å². The van der Waals surface area contributed by atoms with E-state index >= 15 is 0 Å². The third kappa shape index (κ3) is 4.27. The molecule has 112 valence electrons. The van der Waals surface area contributed by atoms with Crippen LogP contribution in [-0.2, 0) is 11.3 Å². The van der Waals surface area contributed by atoms with Crippen molar-refractivity contribution in [3.63, 3.8) is 0 Å². The van der Waals surface area contributed by atoms with Crippen LogP contribution in [0.2, 0.25) is 0 Å². The largest absolute Gasteiger partial charge is 0.467 e. The van der Waals surface area contributed by atoms with E-state index in [9.17, 15) is 4.79 Å². The van der Waals surface area contributed by atoms with Crippen molar-refractivity contribution in [2.24, 2.45) is 0 Å². The Morgan fingerprint density at radius 1 is 1.24 bits per heavy atom. The van der Waals surface area contributed by atoms with Crippen LogP contribution in [0.4, 0.5) is 11.4 Å². The van der Waals surface area contributed by atoms with Crippen molar-refractivity contribution >= 4 is 17.3 Å². The highest BCUT2D eigenvalue weighted by atomic mass is 16.3. The SMILES string of the molecule is CC(Nc1ccc(N(C)C)cc1)C(=O)NCc1ccco1. The van der Waals surface area contributed by atoms with Gasteiger partial charge >= 0.3 is 0 Å². The van der Waals surface area contributed by atoms with Crippen LogP contribution in [0.25, 0.3) is 0 Å². The smallest absolute Gasteiger partial charge is 0.242 e. The van der Waals surface area contributed by atoms with Crippen molar-refractivity contribution in [2.75, 3.05) is 24.3 Å². The molecule has 1 amide bonds. The fraction of sp³-hybridized carbons (Fsp3) is 0.312. The molecular formula is C16H21N3O2. The molecule has 21 heavy (non-hydrogen) atoms. The standard InChI is InChI=1S/C16H21N3O2/c1-12(16(20)17-11-15-5-4-10-21-15)18-13-6-8-14(9-7-13)19(2)3/h4-10,12,18H,11H2,1-3H3,(H,17,20). The average molecular weight is 287 g/mol. The highest BCUT2D eigenvalue weighted by Crippen LogP contribution is 2.16. The second kappa shape index (κ2) is 6.83. The van der Waals surface area contributed by atoms with E-state index in [1.807, 2.05) is 56.3 Å². The maximum atomic E-state index is 12.0. The molecule has 5 nitrogen and oxygen atoms in total. The van der Waals surface area contributed by atoms with E-state index in [4.69, 9.17) is 4.42 Å². The number of benzene rings is 1. The minimum atomic E-state index is -0.315. The maximum Gasteiger partial charge on any atom is 0.242 e. The molecule has 1 heterocycles. The first-order chi connectivity index (χ1) is 10.1. The van der Waals surface area contributed by atoms with Gasteiger partial charge in [0.25, 0.3) is 0 Å². The Morgan fingerprint density at radius 3 is 2.52 bits per heavy atom. The number of hydrogen-bond donors (Lipinski definition) is 2. The summed E-state index contributed by atoms with van der Waals surface area (Å²) < 4.78 is 5.18. The van der Waals surface area contributed by atoms with Crippen LogP contribution >= 0.6 is 0 Å². The summed E-state index contributed by atoms with van der Waals surface area (Å²) >= 11 is 0.